The van der Waals surface area contributed by atoms with Gasteiger partial charge in [0.15, 0.2) is 6.61 Å². The fraction of sp³-hybridized carbons (Fsp3) is 0.100. The van der Waals surface area contributed by atoms with Crippen molar-refractivity contribution in [3.8, 4) is 0 Å². The van der Waals surface area contributed by atoms with Crippen molar-refractivity contribution in [2.75, 3.05) is 11.9 Å². The van der Waals surface area contributed by atoms with Gasteiger partial charge in [0.25, 0.3) is 11.5 Å². The van der Waals surface area contributed by atoms with Crippen LogP contribution in [0.1, 0.15) is 20.8 Å². The number of primary amides is 1. The Balaban J connectivity index is 1.67. The number of benzene rings is 2. The molecule has 0 radical (unpaired) electrons. The van der Waals surface area contributed by atoms with Crippen molar-refractivity contribution < 1.29 is 19.1 Å². The number of nitrogens with two attached hydrogens (primary N) is 1. The number of nitrogens with one attached hydrogen (secondary N) is 1. The van der Waals surface area contributed by atoms with Gasteiger partial charge in [-0.2, -0.15) is 0 Å². The lowest BCUT2D eigenvalue weighted by molar-refractivity contribution is -0.119. The first kappa shape index (κ1) is 18.8. The van der Waals surface area contributed by atoms with Crippen LogP contribution < -0.4 is 16.6 Å². The first-order valence-corrected chi connectivity index (χ1v) is 8.32. The van der Waals surface area contributed by atoms with E-state index in [1.54, 1.807) is 30.3 Å². The molecule has 8 heteroatoms. The van der Waals surface area contributed by atoms with Gasteiger partial charge in [0.2, 0.25) is 5.91 Å². The lowest BCUT2D eigenvalue weighted by Gasteiger charge is -2.10. The SMILES string of the molecule is Cn1c(C(=O)OCC(=O)Nc2ccc(C(N)=O)cc2)cc2ccccc2c1=O. The lowest BCUT2D eigenvalue weighted by Crippen LogP contribution is -2.26. The first-order chi connectivity index (χ1) is 13.4. The van der Waals surface area contributed by atoms with Crippen LogP contribution in [-0.2, 0) is 16.6 Å². The summed E-state index contributed by atoms with van der Waals surface area (Å²) in [4.78, 5) is 47.7. The maximum absolute atomic E-state index is 12.4. The molecule has 3 N–H and O–H groups in total. The molecule has 0 spiro atoms. The van der Waals surface area contributed by atoms with E-state index in [1.807, 2.05) is 0 Å². The molecule has 1 aromatic heterocycles. The summed E-state index contributed by atoms with van der Waals surface area (Å²) in [6, 6.07) is 14.4. The summed E-state index contributed by atoms with van der Waals surface area (Å²) in [5.74, 6) is -1.93. The predicted octanol–water partition coefficient (Wildman–Crippen LogP) is 1.43. The van der Waals surface area contributed by atoms with Gasteiger partial charge >= 0.3 is 5.97 Å². The average Bonchev–Trinajstić information content (AvgIpc) is 2.69. The van der Waals surface area contributed by atoms with Crippen molar-refractivity contribution in [1.82, 2.24) is 4.57 Å². The van der Waals surface area contributed by atoms with Gasteiger partial charge in [-0.05, 0) is 41.8 Å². The minimum Gasteiger partial charge on any atom is -0.451 e. The number of rotatable bonds is 5. The molecule has 0 saturated heterocycles. The second kappa shape index (κ2) is 7.75. The maximum atomic E-state index is 12.4. The van der Waals surface area contributed by atoms with E-state index in [0.717, 1.165) is 0 Å². The molecule has 3 aromatic rings. The maximum Gasteiger partial charge on any atom is 0.355 e. The summed E-state index contributed by atoms with van der Waals surface area (Å²) < 4.78 is 6.21. The van der Waals surface area contributed by atoms with Crippen LogP contribution in [0.15, 0.2) is 59.4 Å². The molecule has 2 aromatic carbocycles. The van der Waals surface area contributed by atoms with Crippen molar-refractivity contribution >= 4 is 34.2 Å². The Morgan fingerprint density at radius 1 is 1.07 bits per heavy atom. The Morgan fingerprint density at radius 3 is 2.43 bits per heavy atom. The molecular formula is C20H17N3O5. The van der Waals surface area contributed by atoms with Gasteiger partial charge in [0.1, 0.15) is 5.69 Å². The van der Waals surface area contributed by atoms with E-state index in [0.29, 0.717) is 22.0 Å². The Hall–Kier alpha value is -3.94. The third kappa shape index (κ3) is 3.90. The molecule has 0 unspecified atom stereocenters. The molecule has 0 bridgehead atoms. The van der Waals surface area contributed by atoms with E-state index in [-0.39, 0.29) is 11.3 Å². The Morgan fingerprint density at radius 2 is 1.75 bits per heavy atom. The van der Waals surface area contributed by atoms with Crippen LogP contribution in [0.25, 0.3) is 10.8 Å². The van der Waals surface area contributed by atoms with E-state index in [1.165, 1.54) is 35.9 Å². The van der Waals surface area contributed by atoms with E-state index in [2.05, 4.69) is 5.32 Å². The van der Waals surface area contributed by atoms with E-state index >= 15 is 0 Å². The van der Waals surface area contributed by atoms with Crippen molar-refractivity contribution in [2.24, 2.45) is 12.8 Å². The zero-order valence-corrected chi connectivity index (χ0v) is 15.0. The molecule has 2 amide bonds. The van der Waals surface area contributed by atoms with Crippen LogP contribution in [0.3, 0.4) is 0 Å². The van der Waals surface area contributed by atoms with Gasteiger partial charge in [0, 0.05) is 23.7 Å². The van der Waals surface area contributed by atoms with Gasteiger partial charge in [0.05, 0.1) is 0 Å². The number of hydrogen-bond acceptors (Lipinski definition) is 5. The highest BCUT2D eigenvalue weighted by Gasteiger charge is 2.16. The van der Waals surface area contributed by atoms with Crippen LogP contribution in [-0.4, -0.2) is 29.0 Å². The van der Waals surface area contributed by atoms with Crippen molar-refractivity contribution in [3.05, 3.63) is 76.2 Å². The van der Waals surface area contributed by atoms with Gasteiger partial charge in [-0.1, -0.05) is 18.2 Å². The van der Waals surface area contributed by atoms with Gasteiger partial charge in [-0.3, -0.25) is 14.4 Å². The minimum absolute atomic E-state index is 0.0438. The van der Waals surface area contributed by atoms with Gasteiger partial charge in [-0.25, -0.2) is 4.79 Å². The fourth-order valence-electron chi connectivity index (χ4n) is 2.67. The standard InChI is InChI=1S/C20H17N3O5/c1-23-16(10-13-4-2-3-5-15(13)19(23)26)20(27)28-11-17(24)22-14-8-6-12(7-9-14)18(21)25/h2-10H,11H2,1H3,(H2,21,25)(H,22,24). The number of amides is 2. The number of carbonyl (C=O) groups excluding carboxylic acids is 3. The van der Waals surface area contributed by atoms with Gasteiger partial charge < -0.3 is 20.4 Å². The molecule has 1 heterocycles. The first-order valence-electron chi connectivity index (χ1n) is 8.32. The zero-order valence-electron chi connectivity index (χ0n) is 15.0. The van der Waals surface area contributed by atoms with Crippen LogP contribution in [0, 0.1) is 0 Å². The molecule has 0 aliphatic heterocycles. The number of hydrogen-bond donors (Lipinski definition) is 2. The Bertz CT molecular complexity index is 1130. The molecule has 0 fully saturated rings. The average molecular weight is 379 g/mol. The number of aromatic nitrogens is 1. The molecule has 0 aliphatic carbocycles. The van der Waals surface area contributed by atoms with Crippen LogP contribution >= 0.6 is 0 Å². The van der Waals surface area contributed by atoms with Crippen LogP contribution in [0.5, 0.6) is 0 Å². The molecule has 28 heavy (non-hydrogen) atoms. The number of pyridine rings is 1. The monoisotopic (exact) mass is 379 g/mol. The highest BCUT2D eigenvalue weighted by Crippen LogP contribution is 2.13. The normalized spacial score (nSPS) is 10.5. The third-order valence-electron chi connectivity index (χ3n) is 4.15. The highest BCUT2D eigenvalue weighted by molar-refractivity contribution is 5.97. The number of fused-ring (bicyclic) bond motifs is 1. The number of ether oxygens (including phenoxy) is 1. The summed E-state index contributed by atoms with van der Waals surface area (Å²) in [6.45, 7) is -0.530. The molecule has 3 rings (SSSR count). The van der Waals surface area contributed by atoms with Crippen molar-refractivity contribution in [1.29, 1.82) is 0 Å². The van der Waals surface area contributed by atoms with E-state index < -0.39 is 24.4 Å². The summed E-state index contributed by atoms with van der Waals surface area (Å²) in [5, 5.41) is 3.63. The summed E-state index contributed by atoms with van der Waals surface area (Å²) in [7, 11) is 1.46. The molecule has 0 atom stereocenters. The minimum atomic E-state index is -0.787. The summed E-state index contributed by atoms with van der Waals surface area (Å²) in [5.41, 5.74) is 5.59. The topological polar surface area (TPSA) is 120 Å². The largest absolute Gasteiger partial charge is 0.451 e. The van der Waals surface area contributed by atoms with Crippen molar-refractivity contribution in [3.63, 3.8) is 0 Å². The summed E-state index contributed by atoms with van der Waals surface area (Å²) >= 11 is 0. The number of esters is 1. The molecule has 142 valence electrons. The third-order valence-corrected chi connectivity index (χ3v) is 4.15. The quantitative estimate of drug-likeness (QED) is 0.650. The van der Waals surface area contributed by atoms with Gasteiger partial charge in [-0.15, -0.1) is 0 Å². The molecule has 8 nitrogen and oxygen atoms in total. The highest BCUT2D eigenvalue weighted by atomic mass is 16.5. The molecule has 0 aliphatic rings. The fourth-order valence-corrected chi connectivity index (χ4v) is 2.67. The second-order valence-electron chi connectivity index (χ2n) is 6.05. The second-order valence-corrected chi connectivity index (χ2v) is 6.05. The smallest absolute Gasteiger partial charge is 0.355 e. The van der Waals surface area contributed by atoms with Crippen LogP contribution in [0.4, 0.5) is 5.69 Å². The Labute approximate surface area is 159 Å². The summed E-state index contributed by atoms with van der Waals surface area (Å²) in [6.07, 6.45) is 0. The molecular weight excluding hydrogens is 362 g/mol. The van der Waals surface area contributed by atoms with E-state index in [9.17, 15) is 19.2 Å². The lowest BCUT2D eigenvalue weighted by atomic mass is 10.1. The number of carbonyl (C=O) groups is 3. The zero-order chi connectivity index (χ0) is 20.3. The molecule has 0 saturated carbocycles. The number of anilines is 1. The predicted molar refractivity (Wildman–Crippen MR) is 103 cm³/mol. The Kier molecular flexibility index (Phi) is 5.21. The number of nitrogens with zero attached hydrogens (tertiary/aromatic N) is 1. The van der Waals surface area contributed by atoms with Crippen molar-refractivity contribution in [2.45, 2.75) is 0 Å². The van der Waals surface area contributed by atoms with Crippen LogP contribution in [0.2, 0.25) is 0 Å². The van der Waals surface area contributed by atoms with E-state index in [4.69, 9.17) is 10.5 Å².